The van der Waals surface area contributed by atoms with E-state index >= 15 is 0 Å². The van der Waals surface area contributed by atoms with Gasteiger partial charge in [-0.05, 0) is 30.3 Å². The van der Waals surface area contributed by atoms with E-state index in [0.29, 0.717) is 12.4 Å². The van der Waals surface area contributed by atoms with Crippen LogP contribution in [-0.2, 0) is 9.84 Å². The van der Waals surface area contributed by atoms with Gasteiger partial charge in [0.2, 0.25) is 9.84 Å². The van der Waals surface area contributed by atoms with Gasteiger partial charge in [-0.25, -0.2) is 8.42 Å². The first-order chi connectivity index (χ1) is 11.4. The van der Waals surface area contributed by atoms with Gasteiger partial charge in [-0.3, -0.25) is 4.79 Å². The van der Waals surface area contributed by atoms with Crippen LogP contribution in [0.3, 0.4) is 0 Å². The van der Waals surface area contributed by atoms with Gasteiger partial charge in [0, 0.05) is 11.1 Å². The molecular weight excluding hydrogens is 340 g/mol. The maximum atomic E-state index is 12.5. The Morgan fingerprint density at radius 1 is 1.12 bits per heavy atom. The molecule has 1 amide bonds. The highest BCUT2D eigenvalue weighted by Gasteiger charge is 2.28. The lowest BCUT2D eigenvalue weighted by Crippen LogP contribution is -2.29. The Balaban J connectivity index is 1.75. The second-order valence-corrected chi connectivity index (χ2v) is 7.12. The van der Waals surface area contributed by atoms with Gasteiger partial charge >= 0.3 is 5.76 Å². The van der Waals surface area contributed by atoms with Crippen LogP contribution in [0, 0.1) is 0 Å². The predicted octanol–water partition coefficient (Wildman–Crippen LogP) is 2.55. The lowest BCUT2D eigenvalue weighted by atomic mass is 10.1. The molecule has 24 heavy (non-hydrogen) atoms. The Labute approximate surface area is 137 Å². The number of halogens is 2. The third-order valence-electron chi connectivity index (χ3n) is 3.68. The van der Waals surface area contributed by atoms with Crippen LogP contribution in [0.4, 0.5) is 8.78 Å². The van der Waals surface area contributed by atoms with Crippen LogP contribution in [0.15, 0.2) is 53.4 Å². The van der Waals surface area contributed by atoms with Gasteiger partial charge in [-0.1, -0.05) is 18.2 Å². The van der Waals surface area contributed by atoms with E-state index in [2.05, 4.69) is 5.32 Å². The summed E-state index contributed by atoms with van der Waals surface area (Å²) in [5.74, 6) is -3.24. The number of ether oxygens (including phenoxy) is 1. The molecule has 0 bridgehead atoms. The van der Waals surface area contributed by atoms with Crippen molar-refractivity contribution in [3.8, 4) is 5.75 Å². The monoisotopic (exact) mass is 353 g/mol. The van der Waals surface area contributed by atoms with E-state index in [4.69, 9.17) is 4.74 Å². The fourth-order valence-electron chi connectivity index (χ4n) is 2.42. The summed E-state index contributed by atoms with van der Waals surface area (Å²) in [7, 11) is -4.67. The van der Waals surface area contributed by atoms with Gasteiger partial charge in [0.1, 0.15) is 12.4 Å². The summed E-state index contributed by atoms with van der Waals surface area (Å²) in [6.45, 7) is 0.295. The average Bonchev–Trinajstić information content (AvgIpc) is 2.98. The minimum absolute atomic E-state index is 0.174. The number of alkyl halides is 2. The van der Waals surface area contributed by atoms with E-state index in [1.54, 1.807) is 6.07 Å². The molecule has 1 aliphatic rings. The van der Waals surface area contributed by atoms with Gasteiger partial charge in [-0.15, -0.1) is 0 Å². The highest BCUT2D eigenvalue weighted by atomic mass is 32.2. The van der Waals surface area contributed by atoms with Crippen molar-refractivity contribution in [3.63, 3.8) is 0 Å². The number of carbonyl (C=O) groups is 1. The second kappa shape index (κ2) is 6.20. The molecule has 0 radical (unpaired) electrons. The summed E-state index contributed by atoms with van der Waals surface area (Å²) >= 11 is 0. The van der Waals surface area contributed by atoms with Crippen LogP contribution < -0.4 is 10.1 Å². The van der Waals surface area contributed by atoms with Crippen LogP contribution in [-0.4, -0.2) is 26.7 Å². The fraction of sp³-hybridized carbons (Fsp3) is 0.188. The van der Waals surface area contributed by atoms with Crippen molar-refractivity contribution in [2.75, 3.05) is 6.61 Å². The number of benzene rings is 2. The van der Waals surface area contributed by atoms with Crippen molar-refractivity contribution in [2.45, 2.75) is 16.7 Å². The molecule has 8 heteroatoms. The minimum atomic E-state index is -4.67. The van der Waals surface area contributed by atoms with Crippen molar-refractivity contribution >= 4 is 15.7 Å². The van der Waals surface area contributed by atoms with Gasteiger partial charge in [-0.2, -0.15) is 8.78 Å². The van der Waals surface area contributed by atoms with Gasteiger partial charge in [0.25, 0.3) is 5.91 Å². The van der Waals surface area contributed by atoms with Crippen LogP contribution in [0.25, 0.3) is 0 Å². The summed E-state index contributed by atoms with van der Waals surface area (Å²) in [6.07, 6.45) is 0. The summed E-state index contributed by atoms with van der Waals surface area (Å²) in [5, 5.41) is 2.77. The zero-order chi connectivity index (χ0) is 17.3. The summed E-state index contributed by atoms with van der Waals surface area (Å²) < 4.78 is 53.2. The predicted molar refractivity (Wildman–Crippen MR) is 81.8 cm³/mol. The molecule has 2 aromatic carbocycles. The Morgan fingerprint density at radius 2 is 1.79 bits per heavy atom. The largest absolute Gasteiger partial charge is 0.491 e. The highest BCUT2D eigenvalue weighted by Crippen LogP contribution is 2.31. The number of para-hydroxylation sites is 1. The molecular formula is C16H13F2NO4S. The first-order valence-electron chi connectivity index (χ1n) is 7.04. The highest BCUT2D eigenvalue weighted by molar-refractivity contribution is 7.91. The number of hydrogen-bond donors (Lipinski definition) is 1. The number of hydrogen-bond acceptors (Lipinski definition) is 4. The zero-order valence-corrected chi connectivity index (χ0v) is 13.1. The third kappa shape index (κ3) is 2.96. The fourth-order valence-corrected chi connectivity index (χ4v) is 3.14. The Morgan fingerprint density at radius 3 is 2.46 bits per heavy atom. The van der Waals surface area contributed by atoms with Crippen molar-refractivity contribution in [2.24, 2.45) is 0 Å². The van der Waals surface area contributed by atoms with E-state index < -0.39 is 26.4 Å². The maximum absolute atomic E-state index is 12.5. The average molecular weight is 353 g/mol. The number of amides is 1. The molecule has 0 saturated heterocycles. The van der Waals surface area contributed by atoms with Crippen molar-refractivity contribution < 1.29 is 26.7 Å². The molecule has 0 saturated carbocycles. The number of carbonyl (C=O) groups excluding carboxylic acids is 1. The van der Waals surface area contributed by atoms with Crippen LogP contribution in [0.2, 0.25) is 0 Å². The molecule has 1 N–H and O–H groups in total. The van der Waals surface area contributed by atoms with Gasteiger partial charge < -0.3 is 10.1 Å². The number of nitrogens with one attached hydrogen (secondary N) is 1. The molecule has 0 fully saturated rings. The summed E-state index contributed by atoms with van der Waals surface area (Å²) in [6, 6.07) is 11.4. The second-order valence-electron chi connectivity index (χ2n) is 5.20. The summed E-state index contributed by atoms with van der Waals surface area (Å²) in [4.78, 5) is 11.7. The smallest absolute Gasteiger partial charge is 0.341 e. The zero-order valence-electron chi connectivity index (χ0n) is 12.3. The Bertz CT molecular complexity index is 866. The van der Waals surface area contributed by atoms with Crippen LogP contribution >= 0.6 is 0 Å². The first kappa shape index (κ1) is 16.4. The van der Waals surface area contributed by atoms with E-state index in [1.807, 2.05) is 18.2 Å². The number of rotatable bonds is 4. The van der Waals surface area contributed by atoms with Gasteiger partial charge in [0.15, 0.2) is 0 Å². The van der Waals surface area contributed by atoms with E-state index in [-0.39, 0.29) is 11.6 Å². The Hall–Kier alpha value is -2.48. The molecule has 5 nitrogen and oxygen atoms in total. The van der Waals surface area contributed by atoms with E-state index in [1.165, 1.54) is 12.1 Å². The molecule has 126 valence electrons. The SMILES string of the molecule is O=C(N[C@H]1COc2ccccc21)c1ccc(S(=O)(=O)C(F)F)cc1. The maximum Gasteiger partial charge on any atom is 0.341 e. The first-order valence-corrected chi connectivity index (χ1v) is 8.59. The standard InChI is InChI=1S/C16H13F2NO4S/c17-16(18)24(21,22)11-7-5-10(6-8-11)15(20)19-13-9-23-14-4-2-1-3-12(13)14/h1-8,13,16H,9H2,(H,19,20)/t13-/m0/s1. The molecule has 3 rings (SSSR count). The molecule has 1 atom stereocenters. The Kier molecular flexibility index (Phi) is 4.23. The van der Waals surface area contributed by atoms with E-state index in [0.717, 1.165) is 17.7 Å². The molecule has 1 heterocycles. The number of fused-ring (bicyclic) bond motifs is 1. The molecule has 0 aromatic heterocycles. The minimum Gasteiger partial charge on any atom is -0.491 e. The normalized spacial score (nSPS) is 16.5. The molecule has 0 unspecified atom stereocenters. The third-order valence-corrected chi connectivity index (χ3v) is 5.08. The summed E-state index contributed by atoms with van der Waals surface area (Å²) in [5.41, 5.74) is 1.02. The molecule has 2 aromatic rings. The molecule has 0 aliphatic carbocycles. The van der Waals surface area contributed by atoms with Gasteiger partial charge in [0.05, 0.1) is 10.9 Å². The van der Waals surface area contributed by atoms with Crippen molar-refractivity contribution in [1.29, 1.82) is 0 Å². The van der Waals surface area contributed by atoms with Crippen LogP contribution in [0.1, 0.15) is 22.0 Å². The topological polar surface area (TPSA) is 72.5 Å². The molecule has 0 spiro atoms. The van der Waals surface area contributed by atoms with Crippen molar-refractivity contribution in [3.05, 3.63) is 59.7 Å². The quantitative estimate of drug-likeness (QED) is 0.917. The van der Waals surface area contributed by atoms with Crippen molar-refractivity contribution in [1.82, 2.24) is 5.32 Å². The number of sulfone groups is 1. The lowest BCUT2D eigenvalue weighted by molar-refractivity contribution is 0.0930. The van der Waals surface area contributed by atoms with Crippen LogP contribution in [0.5, 0.6) is 5.75 Å². The lowest BCUT2D eigenvalue weighted by Gasteiger charge is -2.12. The van der Waals surface area contributed by atoms with E-state index in [9.17, 15) is 22.0 Å². The molecule has 1 aliphatic heterocycles.